The standard InChI is InChI=1S/C16H13F3N4/c1-15(2,16(17,18)19)9-23-14-11(7-21)8-22-13-10(6-20)4-3-5-12(13)14/h3-5,8H,9H2,1-2H3,(H,22,23). The highest BCUT2D eigenvalue weighted by atomic mass is 19.4. The maximum absolute atomic E-state index is 13.0. The number of alkyl halides is 3. The van der Waals surface area contributed by atoms with Gasteiger partial charge in [0, 0.05) is 18.1 Å². The number of fused-ring (bicyclic) bond motifs is 1. The number of anilines is 1. The molecule has 4 nitrogen and oxygen atoms in total. The maximum Gasteiger partial charge on any atom is 0.395 e. The van der Waals surface area contributed by atoms with E-state index in [1.54, 1.807) is 18.2 Å². The van der Waals surface area contributed by atoms with E-state index in [0.717, 1.165) is 13.8 Å². The Labute approximate surface area is 131 Å². The minimum atomic E-state index is -4.38. The Morgan fingerprint density at radius 2 is 1.78 bits per heavy atom. The van der Waals surface area contributed by atoms with Gasteiger partial charge in [-0.25, -0.2) is 0 Å². The van der Waals surface area contributed by atoms with E-state index in [-0.39, 0.29) is 11.3 Å². The molecule has 23 heavy (non-hydrogen) atoms. The van der Waals surface area contributed by atoms with E-state index in [1.807, 2.05) is 12.1 Å². The summed E-state index contributed by atoms with van der Waals surface area (Å²) in [5, 5.41) is 21.4. The summed E-state index contributed by atoms with van der Waals surface area (Å²) >= 11 is 0. The second kappa shape index (κ2) is 5.77. The molecule has 0 radical (unpaired) electrons. The third kappa shape index (κ3) is 3.04. The zero-order chi connectivity index (χ0) is 17.3. The molecule has 1 aromatic heterocycles. The Morgan fingerprint density at radius 1 is 1.13 bits per heavy atom. The first kappa shape index (κ1) is 16.6. The second-order valence-electron chi connectivity index (χ2n) is 5.71. The molecule has 0 aliphatic carbocycles. The van der Waals surface area contributed by atoms with Crippen LogP contribution < -0.4 is 5.32 Å². The molecule has 1 heterocycles. The van der Waals surface area contributed by atoms with Gasteiger partial charge in [-0.2, -0.15) is 23.7 Å². The molecular weight excluding hydrogens is 305 g/mol. The zero-order valence-corrected chi connectivity index (χ0v) is 12.5. The van der Waals surface area contributed by atoms with Crippen LogP contribution in [0.1, 0.15) is 25.0 Å². The van der Waals surface area contributed by atoms with Gasteiger partial charge >= 0.3 is 6.18 Å². The van der Waals surface area contributed by atoms with Gasteiger partial charge in [-0.15, -0.1) is 0 Å². The van der Waals surface area contributed by atoms with Crippen molar-refractivity contribution >= 4 is 16.6 Å². The Bertz CT molecular complexity index is 826. The van der Waals surface area contributed by atoms with Crippen LogP contribution in [0.4, 0.5) is 18.9 Å². The van der Waals surface area contributed by atoms with Crippen LogP contribution in [-0.2, 0) is 0 Å². The minimum absolute atomic E-state index is 0.130. The van der Waals surface area contributed by atoms with Gasteiger partial charge in [-0.1, -0.05) is 12.1 Å². The third-order valence-corrected chi connectivity index (χ3v) is 3.61. The molecule has 1 N–H and O–H groups in total. The number of benzene rings is 1. The van der Waals surface area contributed by atoms with Gasteiger partial charge in [0.05, 0.1) is 27.7 Å². The molecule has 0 saturated heterocycles. The van der Waals surface area contributed by atoms with Crippen molar-refractivity contribution in [1.29, 1.82) is 10.5 Å². The van der Waals surface area contributed by atoms with Gasteiger partial charge in [0.1, 0.15) is 12.1 Å². The minimum Gasteiger partial charge on any atom is -0.382 e. The average Bonchev–Trinajstić information content (AvgIpc) is 2.50. The zero-order valence-electron chi connectivity index (χ0n) is 12.5. The van der Waals surface area contributed by atoms with Crippen molar-refractivity contribution in [2.24, 2.45) is 5.41 Å². The molecular formula is C16H13F3N4. The molecule has 0 spiro atoms. The summed E-state index contributed by atoms with van der Waals surface area (Å²) in [7, 11) is 0. The smallest absolute Gasteiger partial charge is 0.382 e. The summed E-state index contributed by atoms with van der Waals surface area (Å²) in [6.45, 7) is 1.76. The van der Waals surface area contributed by atoms with Gasteiger partial charge in [-0.3, -0.25) is 4.98 Å². The van der Waals surface area contributed by atoms with Gasteiger partial charge in [-0.05, 0) is 19.9 Å². The van der Waals surface area contributed by atoms with E-state index in [1.165, 1.54) is 6.20 Å². The number of rotatable bonds is 3. The molecule has 0 atom stereocenters. The lowest BCUT2D eigenvalue weighted by Gasteiger charge is -2.28. The summed E-state index contributed by atoms with van der Waals surface area (Å²) in [6, 6.07) is 8.67. The summed E-state index contributed by atoms with van der Waals surface area (Å²) in [5.74, 6) is 0. The van der Waals surface area contributed by atoms with Gasteiger partial charge in [0.15, 0.2) is 0 Å². The SMILES string of the molecule is CC(C)(CNc1c(C#N)cnc2c(C#N)cccc12)C(F)(F)F. The Balaban J connectivity index is 2.52. The summed E-state index contributed by atoms with van der Waals surface area (Å²) in [6.07, 6.45) is -3.13. The van der Waals surface area contributed by atoms with Crippen molar-refractivity contribution in [2.75, 3.05) is 11.9 Å². The fraction of sp³-hybridized carbons (Fsp3) is 0.312. The fourth-order valence-corrected chi connectivity index (χ4v) is 2.00. The van der Waals surface area contributed by atoms with Gasteiger partial charge in [0.25, 0.3) is 0 Å². The lowest BCUT2D eigenvalue weighted by Crippen LogP contribution is -2.38. The number of aromatic nitrogens is 1. The van der Waals surface area contributed by atoms with Crippen molar-refractivity contribution in [3.8, 4) is 12.1 Å². The molecule has 118 valence electrons. The number of nitrogens with zero attached hydrogens (tertiary/aromatic N) is 3. The van der Waals surface area contributed by atoms with Gasteiger partial charge < -0.3 is 5.32 Å². The van der Waals surface area contributed by atoms with Crippen LogP contribution in [0.15, 0.2) is 24.4 Å². The van der Waals surface area contributed by atoms with Crippen molar-refractivity contribution in [3.63, 3.8) is 0 Å². The van der Waals surface area contributed by atoms with E-state index < -0.39 is 18.1 Å². The molecule has 0 fully saturated rings. The number of pyridine rings is 1. The van der Waals surface area contributed by atoms with Crippen LogP contribution in [0.3, 0.4) is 0 Å². The molecule has 0 saturated carbocycles. The Hall–Kier alpha value is -2.80. The summed E-state index contributed by atoms with van der Waals surface area (Å²) < 4.78 is 39.0. The molecule has 0 unspecified atom stereocenters. The largest absolute Gasteiger partial charge is 0.395 e. The normalized spacial score (nSPS) is 11.8. The summed E-state index contributed by atoms with van der Waals surface area (Å²) in [5.41, 5.74) is -0.939. The Kier molecular flexibility index (Phi) is 4.16. The predicted molar refractivity (Wildman–Crippen MR) is 79.5 cm³/mol. The van der Waals surface area contributed by atoms with Crippen molar-refractivity contribution < 1.29 is 13.2 Å². The van der Waals surface area contributed by atoms with E-state index in [0.29, 0.717) is 16.5 Å². The third-order valence-electron chi connectivity index (χ3n) is 3.61. The van der Waals surface area contributed by atoms with Crippen LogP contribution in [0.2, 0.25) is 0 Å². The highest BCUT2D eigenvalue weighted by Gasteiger charge is 2.47. The fourth-order valence-electron chi connectivity index (χ4n) is 2.00. The van der Waals surface area contributed by atoms with Crippen LogP contribution in [-0.4, -0.2) is 17.7 Å². The molecule has 0 aliphatic heterocycles. The number of halogens is 3. The number of hydrogen-bond acceptors (Lipinski definition) is 4. The molecule has 2 rings (SSSR count). The van der Waals surface area contributed by atoms with Crippen molar-refractivity contribution in [1.82, 2.24) is 4.98 Å². The number of hydrogen-bond donors (Lipinski definition) is 1. The average molecular weight is 318 g/mol. The highest BCUT2D eigenvalue weighted by molar-refractivity contribution is 5.96. The lowest BCUT2D eigenvalue weighted by molar-refractivity contribution is -0.206. The Morgan fingerprint density at radius 3 is 2.35 bits per heavy atom. The lowest BCUT2D eigenvalue weighted by atomic mass is 9.92. The summed E-state index contributed by atoms with van der Waals surface area (Å²) in [4.78, 5) is 4.07. The van der Waals surface area contributed by atoms with E-state index >= 15 is 0 Å². The van der Waals surface area contributed by atoms with Crippen molar-refractivity contribution in [2.45, 2.75) is 20.0 Å². The monoisotopic (exact) mass is 318 g/mol. The first-order chi connectivity index (χ1) is 10.7. The highest BCUT2D eigenvalue weighted by Crippen LogP contribution is 2.38. The molecule has 0 amide bonds. The predicted octanol–water partition coefficient (Wildman–Crippen LogP) is 3.98. The first-order valence-corrected chi connectivity index (χ1v) is 6.74. The molecule has 1 aromatic carbocycles. The van der Waals surface area contributed by atoms with Crippen LogP contribution >= 0.6 is 0 Å². The maximum atomic E-state index is 13.0. The van der Waals surface area contributed by atoms with Gasteiger partial charge in [0.2, 0.25) is 0 Å². The molecule has 0 bridgehead atoms. The van der Waals surface area contributed by atoms with Crippen molar-refractivity contribution in [3.05, 3.63) is 35.5 Å². The van der Waals surface area contributed by atoms with Crippen LogP contribution in [0, 0.1) is 28.1 Å². The van der Waals surface area contributed by atoms with E-state index in [2.05, 4.69) is 10.3 Å². The molecule has 7 heteroatoms. The number of nitriles is 2. The van der Waals surface area contributed by atoms with Crippen LogP contribution in [0.25, 0.3) is 10.9 Å². The van der Waals surface area contributed by atoms with E-state index in [9.17, 15) is 18.4 Å². The molecule has 2 aromatic rings. The molecule has 0 aliphatic rings. The topological polar surface area (TPSA) is 72.5 Å². The number of para-hydroxylation sites is 1. The number of nitrogens with one attached hydrogen (secondary N) is 1. The quantitative estimate of drug-likeness (QED) is 0.929. The van der Waals surface area contributed by atoms with Crippen LogP contribution in [0.5, 0.6) is 0 Å². The first-order valence-electron chi connectivity index (χ1n) is 6.74. The second-order valence-corrected chi connectivity index (χ2v) is 5.71. The van der Waals surface area contributed by atoms with E-state index in [4.69, 9.17) is 5.26 Å².